The molecule has 1 amide bonds. The predicted molar refractivity (Wildman–Crippen MR) is 165 cm³/mol. The number of amides is 1. The molecule has 0 atom stereocenters. The Hall–Kier alpha value is -3.05. The molecule has 2 aliphatic rings. The van der Waals surface area contributed by atoms with E-state index in [0.717, 1.165) is 96.8 Å². The van der Waals surface area contributed by atoms with E-state index >= 15 is 0 Å². The van der Waals surface area contributed by atoms with Gasteiger partial charge in [-0.3, -0.25) is 4.79 Å². The van der Waals surface area contributed by atoms with Gasteiger partial charge < -0.3 is 24.7 Å². The second-order valence-corrected chi connectivity index (χ2v) is 11.0. The first-order valence-electron chi connectivity index (χ1n) is 15.6. The number of rotatable bonds is 18. The summed E-state index contributed by atoms with van der Waals surface area (Å²) >= 11 is 0. The monoisotopic (exact) mass is 608 g/mol. The summed E-state index contributed by atoms with van der Waals surface area (Å²) in [6.45, 7) is 8.11. The Kier molecular flexibility index (Phi) is 18.2. The number of nitrogens with zero attached hydrogens (tertiary/aromatic N) is 3. The Morgan fingerprint density at radius 3 is 2.35 bits per heavy atom. The van der Waals surface area contributed by atoms with Crippen LogP contribution in [0.2, 0.25) is 0 Å². The van der Waals surface area contributed by atoms with Crippen LogP contribution in [0.3, 0.4) is 0 Å². The molecule has 9 nitrogen and oxygen atoms in total. The minimum Gasteiger partial charge on any atom is -0.487 e. The number of allylic oxidation sites excluding steroid dienone is 3. The van der Waals surface area contributed by atoms with Crippen molar-refractivity contribution in [3.8, 4) is 5.75 Å². The minimum absolute atomic E-state index is 0.145. The zero-order valence-electron chi connectivity index (χ0n) is 25.6. The molecule has 1 saturated heterocycles. The molecule has 0 aromatic heterocycles. The van der Waals surface area contributed by atoms with Crippen molar-refractivity contribution < 1.29 is 28.2 Å². The van der Waals surface area contributed by atoms with Gasteiger partial charge in [-0.2, -0.15) is 8.78 Å². The zero-order chi connectivity index (χ0) is 31.2. The normalized spacial score (nSPS) is 16.7. The van der Waals surface area contributed by atoms with Crippen LogP contribution in [-0.2, 0) is 9.63 Å². The number of halogens is 2. The Morgan fingerprint density at radius 1 is 1.07 bits per heavy atom. The van der Waals surface area contributed by atoms with E-state index in [4.69, 9.17) is 4.74 Å². The molecule has 242 valence electrons. The van der Waals surface area contributed by atoms with Gasteiger partial charge in [0.2, 0.25) is 5.91 Å². The number of piperazine rings is 1. The van der Waals surface area contributed by atoms with Crippen molar-refractivity contribution in [3.05, 3.63) is 64.8 Å². The van der Waals surface area contributed by atoms with Gasteiger partial charge in [0.05, 0.1) is 6.61 Å². The lowest BCUT2D eigenvalue weighted by Crippen LogP contribution is -2.47. The molecule has 3 rings (SSSR count). The van der Waals surface area contributed by atoms with Gasteiger partial charge in [0, 0.05) is 45.7 Å². The van der Waals surface area contributed by atoms with Gasteiger partial charge in [0.15, 0.2) is 6.61 Å². The van der Waals surface area contributed by atoms with E-state index in [-0.39, 0.29) is 12.5 Å². The van der Waals surface area contributed by atoms with E-state index in [0.29, 0.717) is 24.5 Å². The number of unbranched alkanes of at least 4 members (excludes halogenated alkanes) is 1. The van der Waals surface area contributed by atoms with Crippen LogP contribution in [0, 0.1) is 16.0 Å². The number of hydrogen-bond acceptors (Lipinski definition) is 7. The third-order valence-corrected chi connectivity index (χ3v) is 7.45. The summed E-state index contributed by atoms with van der Waals surface area (Å²) in [4.78, 5) is 30.8. The fourth-order valence-corrected chi connectivity index (χ4v) is 5.00. The number of hydrogen-bond donors (Lipinski definition) is 1. The largest absolute Gasteiger partial charge is 0.487 e. The Bertz CT molecular complexity index is 950. The van der Waals surface area contributed by atoms with Crippen molar-refractivity contribution in [1.82, 2.24) is 15.1 Å². The molecule has 1 heterocycles. The SMILES string of the molecule is C/C=C\CCCC(=O)NCCCN1CCN(CCCO[N+](=O)[O-])CC1.FC(F)(/C=C/C1CCCC1)COc1ccccc1. The molecule has 1 aliphatic carbocycles. The maximum atomic E-state index is 13.6. The standard InChI is InChI=1S/C17H32N4O4.C15H18F2O/c1-2-3-4-5-8-17(22)18-9-6-10-19-12-14-20(15-13-19)11-7-16-25-21(23)24;16-15(17,11-10-13-6-4-5-7-13)12-18-14-8-2-1-3-9-14/h2-3H,4-16H2,1H3,(H,18,22);1-3,8-11,13H,4-7,12H2/b3-2-;11-10+. The van der Waals surface area contributed by atoms with Gasteiger partial charge >= 0.3 is 0 Å². The lowest BCUT2D eigenvalue weighted by Gasteiger charge is -2.34. The first kappa shape index (κ1) is 36.1. The maximum absolute atomic E-state index is 13.6. The smallest absolute Gasteiger partial charge is 0.299 e. The van der Waals surface area contributed by atoms with E-state index in [1.165, 1.54) is 0 Å². The van der Waals surface area contributed by atoms with Gasteiger partial charge in [-0.05, 0) is 76.1 Å². The quantitative estimate of drug-likeness (QED) is 0.0959. The summed E-state index contributed by atoms with van der Waals surface area (Å²) in [5.41, 5.74) is 0. The van der Waals surface area contributed by atoms with Gasteiger partial charge in [0.25, 0.3) is 11.0 Å². The average molecular weight is 609 g/mol. The summed E-state index contributed by atoms with van der Waals surface area (Å²) in [5, 5.41) is 12.3. The second kappa shape index (κ2) is 21.6. The maximum Gasteiger partial charge on any atom is 0.299 e. The minimum atomic E-state index is -2.89. The van der Waals surface area contributed by atoms with Crippen LogP contribution >= 0.6 is 0 Å². The average Bonchev–Trinajstić information content (AvgIpc) is 3.53. The number of carbonyl (C=O) groups excluding carboxylic acids is 1. The highest BCUT2D eigenvalue weighted by Crippen LogP contribution is 2.28. The predicted octanol–water partition coefficient (Wildman–Crippen LogP) is 5.90. The molecule has 43 heavy (non-hydrogen) atoms. The molecule has 1 aliphatic heterocycles. The molecule has 1 aromatic rings. The zero-order valence-corrected chi connectivity index (χ0v) is 25.6. The molecular weight excluding hydrogens is 558 g/mol. The Labute approximate surface area is 255 Å². The molecular formula is C32H50F2N4O5. The number of nitrogens with one attached hydrogen (secondary N) is 1. The molecule has 2 fully saturated rings. The van der Waals surface area contributed by atoms with E-state index in [2.05, 4.69) is 26.0 Å². The fraction of sp³-hybridized carbons (Fsp3) is 0.656. The van der Waals surface area contributed by atoms with Crippen molar-refractivity contribution in [3.63, 3.8) is 0 Å². The molecule has 0 radical (unpaired) electrons. The number of carbonyl (C=O) groups is 1. The first-order valence-corrected chi connectivity index (χ1v) is 15.6. The van der Waals surface area contributed by atoms with E-state index in [9.17, 15) is 23.7 Å². The molecule has 0 spiro atoms. The highest BCUT2D eigenvalue weighted by molar-refractivity contribution is 5.75. The summed E-state index contributed by atoms with van der Waals surface area (Å²) in [6.07, 6.45) is 15.3. The number of benzene rings is 1. The molecule has 1 saturated carbocycles. The van der Waals surface area contributed by atoms with E-state index in [1.54, 1.807) is 30.3 Å². The molecule has 0 bridgehead atoms. The van der Waals surface area contributed by atoms with Crippen LogP contribution < -0.4 is 10.1 Å². The van der Waals surface area contributed by atoms with Crippen LogP contribution in [0.1, 0.15) is 64.7 Å². The van der Waals surface area contributed by atoms with E-state index < -0.39 is 17.6 Å². The van der Waals surface area contributed by atoms with Gasteiger partial charge in [0.1, 0.15) is 5.75 Å². The highest BCUT2D eigenvalue weighted by atomic mass is 19.3. The fourth-order valence-electron chi connectivity index (χ4n) is 5.00. The number of para-hydroxylation sites is 1. The first-order chi connectivity index (χ1) is 20.8. The Balaban J connectivity index is 0.000000315. The third-order valence-electron chi connectivity index (χ3n) is 7.45. The lowest BCUT2D eigenvalue weighted by atomic mass is 10.1. The summed E-state index contributed by atoms with van der Waals surface area (Å²) in [7, 11) is 0. The van der Waals surface area contributed by atoms with Crippen molar-refractivity contribution in [1.29, 1.82) is 0 Å². The van der Waals surface area contributed by atoms with Crippen molar-refractivity contribution >= 4 is 5.91 Å². The Morgan fingerprint density at radius 2 is 1.72 bits per heavy atom. The topological polar surface area (TPSA) is 97.2 Å². The van der Waals surface area contributed by atoms with Crippen molar-refractivity contribution in [2.45, 2.75) is 70.6 Å². The lowest BCUT2D eigenvalue weighted by molar-refractivity contribution is -0.757. The molecule has 11 heteroatoms. The van der Waals surface area contributed by atoms with Gasteiger partial charge in [-0.1, -0.05) is 49.3 Å². The van der Waals surface area contributed by atoms with Crippen LogP contribution in [0.25, 0.3) is 0 Å². The summed E-state index contributed by atoms with van der Waals surface area (Å²) in [6, 6.07) is 8.71. The summed E-state index contributed by atoms with van der Waals surface area (Å²) < 4.78 is 32.2. The van der Waals surface area contributed by atoms with Crippen LogP contribution in [0.15, 0.2) is 54.6 Å². The van der Waals surface area contributed by atoms with Gasteiger partial charge in [-0.25, -0.2) is 0 Å². The van der Waals surface area contributed by atoms with Crippen molar-refractivity contribution in [2.75, 3.05) is 59.0 Å². The highest BCUT2D eigenvalue weighted by Gasteiger charge is 2.27. The molecule has 0 unspecified atom stereocenters. The summed E-state index contributed by atoms with van der Waals surface area (Å²) in [5.74, 6) is -1.94. The van der Waals surface area contributed by atoms with Crippen LogP contribution in [-0.4, -0.2) is 85.7 Å². The van der Waals surface area contributed by atoms with E-state index in [1.807, 2.05) is 19.1 Å². The molecule has 1 N–H and O–H groups in total. The van der Waals surface area contributed by atoms with Crippen LogP contribution in [0.5, 0.6) is 5.75 Å². The molecule has 1 aromatic carbocycles. The van der Waals surface area contributed by atoms with Crippen molar-refractivity contribution in [2.24, 2.45) is 5.92 Å². The van der Waals surface area contributed by atoms with Crippen LogP contribution in [0.4, 0.5) is 8.78 Å². The third kappa shape index (κ3) is 18.3. The van der Waals surface area contributed by atoms with Gasteiger partial charge in [-0.15, -0.1) is 10.1 Å². The number of alkyl halides is 2. The number of ether oxygens (including phenoxy) is 1. The second-order valence-electron chi connectivity index (χ2n) is 11.0.